The summed E-state index contributed by atoms with van der Waals surface area (Å²) in [5.74, 6) is -1.00. The summed E-state index contributed by atoms with van der Waals surface area (Å²) in [7, 11) is 1.89. The van der Waals surface area contributed by atoms with Crippen molar-refractivity contribution in [1.82, 2.24) is 10.2 Å². The summed E-state index contributed by atoms with van der Waals surface area (Å²) in [6, 6.07) is 3.82. The van der Waals surface area contributed by atoms with Gasteiger partial charge in [0.05, 0.1) is 6.04 Å². The summed E-state index contributed by atoms with van der Waals surface area (Å²) >= 11 is 0. The Morgan fingerprint density at radius 3 is 2.05 bits per heavy atom. The first-order valence-corrected chi connectivity index (χ1v) is 7.95. The van der Waals surface area contributed by atoms with Crippen LogP contribution in [-0.4, -0.2) is 30.6 Å². The Hall–Kier alpha value is -1.00. The van der Waals surface area contributed by atoms with Crippen LogP contribution in [0.25, 0.3) is 0 Å². The molecule has 0 radical (unpaired) electrons. The first kappa shape index (κ1) is 16.4. The van der Waals surface area contributed by atoms with Crippen molar-refractivity contribution in [2.75, 3.05) is 20.1 Å². The van der Waals surface area contributed by atoms with Crippen molar-refractivity contribution in [2.24, 2.45) is 0 Å². The molecule has 0 bridgehead atoms. The van der Waals surface area contributed by atoms with Crippen LogP contribution in [0.15, 0.2) is 18.2 Å². The van der Waals surface area contributed by atoms with Crippen LogP contribution in [0.1, 0.15) is 51.1 Å². The van der Waals surface area contributed by atoms with Crippen LogP contribution < -0.4 is 5.32 Å². The van der Waals surface area contributed by atoms with Crippen LogP contribution in [0.2, 0.25) is 0 Å². The molecule has 1 aromatic rings. The van der Waals surface area contributed by atoms with Gasteiger partial charge in [-0.3, -0.25) is 4.90 Å². The fourth-order valence-corrected chi connectivity index (χ4v) is 4.12. The molecule has 0 amide bonds. The molecular weight excluding hydrogens is 270 g/mol. The number of benzene rings is 1. The molecule has 0 spiro atoms. The Bertz CT molecular complexity index is 446. The topological polar surface area (TPSA) is 15.3 Å². The number of halogens is 2. The fraction of sp³-hybridized carbons (Fsp3) is 0.647. The van der Waals surface area contributed by atoms with Crippen LogP contribution in [0.4, 0.5) is 8.78 Å². The number of rotatable bonds is 6. The van der Waals surface area contributed by atoms with Crippen LogP contribution in [0.3, 0.4) is 0 Å². The summed E-state index contributed by atoms with van der Waals surface area (Å²) in [6.07, 6.45) is 4.48. The van der Waals surface area contributed by atoms with Gasteiger partial charge in [0.1, 0.15) is 11.6 Å². The van der Waals surface area contributed by atoms with Crippen molar-refractivity contribution in [3.05, 3.63) is 35.4 Å². The molecule has 1 saturated carbocycles. The lowest BCUT2D eigenvalue weighted by Crippen LogP contribution is -2.54. The second-order valence-electron chi connectivity index (χ2n) is 5.91. The number of likely N-dealkylation sites (N-methyl/N-ethyl adjacent to an activating group) is 2. The van der Waals surface area contributed by atoms with Crippen LogP contribution in [0, 0.1) is 11.6 Å². The molecule has 1 aliphatic carbocycles. The van der Waals surface area contributed by atoms with Crippen molar-refractivity contribution in [3.63, 3.8) is 0 Å². The highest BCUT2D eigenvalue weighted by Crippen LogP contribution is 2.44. The zero-order valence-corrected chi connectivity index (χ0v) is 13.3. The highest BCUT2D eigenvalue weighted by Gasteiger charge is 2.45. The van der Waals surface area contributed by atoms with E-state index in [0.717, 1.165) is 32.0 Å². The van der Waals surface area contributed by atoms with Gasteiger partial charge in [-0.15, -0.1) is 0 Å². The summed E-state index contributed by atoms with van der Waals surface area (Å²) in [6.45, 7) is 6.21. The van der Waals surface area contributed by atoms with E-state index in [1.165, 1.54) is 25.0 Å². The van der Waals surface area contributed by atoms with Crippen LogP contribution in [-0.2, 0) is 0 Å². The van der Waals surface area contributed by atoms with E-state index < -0.39 is 11.6 Å². The number of hydrogen-bond acceptors (Lipinski definition) is 2. The quantitative estimate of drug-likeness (QED) is 0.857. The third-order valence-corrected chi connectivity index (χ3v) is 4.91. The standard InChI is InChI=1S/C17H26F2N2/c1-4-21(5-2)17(8-6-7-9-17)16(20-3)13-10-14(18)12-15(19)11-13/h10-12,16,20H,4-9H2,1-3H3. The highest BCUT2D eigenvalue weighted by atomic mass is 19.1. The molecular formula is C17H26F2N2. The molecule has 1 fully saturated rings. The smallest absolute Gasteiger partial charge is 0.126 e. The molecule has 1 aliphatic rings. The highest BCUT2D eigenvalue weighted by molar-refractivity contribution is 5.26. The predicted octanol–water partition coefficient (Wildman–Crippen LogP) is 3.88. The van der Waals surface area contributed by atoms with Crippen molar-refractivity contribution in [1.29, 1.82) is 0 Å². The Morgan fingerprint density at radius 2 is 1.62 bits per heavy atom. The maximum Gasteiger partial charge on any atom is 0.126 e. The van der Waals surface area contributed by atoms with Gasteiger partial charge in [0.15, 0.2) is 0 Å². The van der Waals surface area contributed by atoms with E-state index in [4.69, 9.17) is 0 Å². The van der Waals surface area contributed by atoms with Gasteiger partial charge in [0.2, 0.25) is 0 Å². The Balaban J connectivity index is 2.45. The summed E-state index contributed by atoms with van der Waals surface area (Å²) in [4.78, 5) is 2.45. The van der Waals surface area contributed by atoms with E-state index >= 15 is 0 Å². The first-order valence-electron chi connectivity index (χ1n) is 7.95. The van der Waals surface area contributed by atoms with Crippen LogP contribution >= 0.6 is 0 Å². The lowest BCUT2D eigenvalue weighted by molar-refractivity contribution is 0.0653. The molecule has 1 unspecified atom stereocenters. The molecule has 2 rings (SSSR count). The van der Waals surface area contributed by atoms with E-state index in [1.54, 1.807) is 0 Å². The van der Waals surface area contributed by atoms with Crippen molar-refractivity contribution >= 4 is 0 Å². The van der Waals surface area contributed by atoms with E-state index in [9.17, 15) is 8.78 Å². The second-order valence-corrected chi connectivity index (χ2v) is 5.91. The van der Waals surface area contributed by atoms with Gasteiger partial charge in [-0.1, -0.05) is 26.7 Å². The minimum absolute atomic E-state index is 0.0432. The van der Waals surface area contributed by atoms with E-state index in [1.807, 2.05) is 7.05 Å². The van der Waals surface area contributed by atoms with Gasteiger partial charge in [0.25, 0.3) is 0 Å². The maximum absolute atomic E-state index is 13.6. The van der Waals surface area contributed by atoms with Gasteiger partial charge in [-0.05, 0) is 50.7 Å². The Labute approximate surface area is 126 Å². The number of nitrogens with zero attached hydrogens (tertiary/aromatic N) is 1. The van der Waals surface area contributed by atoms with E-state index in [2.05, 4.69) is 24.1 Å². The lowest BCUT2D eigenvalue weighted by Gasteiger charge is -2.46. The third-order valence-electron chi connectivity index (χ3n) is 4.91. The Morgan fingerprint density at radius 1 is 1.10 bits per heavy atom. The largest absolute Gasteiger partial charge is 0.311 e. The van der Waals surface area contributed by atoms with Crippen molar-refractivity contribution < 1.29 is 8.78 Å². The van der Waals surface area contributed by atoms with Gasteiger partial charge in [-0.2, -0.15) is 0 Å². The fourth-order valence-electron chi connectivity index (χ4n) is 4.12. The lowest BCUT2D eigenvalue weighted by atomic mass is 9.81. The molecule has 2 nitrogen and oxygen atoms in total. The molecule has 1 aromatic carbocycles. The van der Waals surface area contributed by atoms with Gasteiger partial charge >= 0.3 is 0 Å². The Kier molecular flexibility index (Phi) is 5.33. The monoisotopic (exact) mass is 296 g/mol. The van der Waals surface area contributed by atoms with Crippen LogP contribution in [0.5, 0.6) is 0 Å². The zero-order valence-electron chi connectivity index (χ0n) is 13.3. The number of hydrogen-bond donors (Lipinski definition) is 1. The molecule has 4 heteroatoms. The average molecular weight is 296 g/mol. The molecule has 21 heavy (non-hydrogen) atoms. The third kappa shape index (κ3) is 3.11. The second kappa shape index (κ2) is 6.84. The SMILES string of the molecule is CCN(CC)C1(C(NC)c2cc(F)cc(F)c2)CCCC1. The number of nitrogens with one attached hydrogen (secondary N) is 1. The maximum atomic E-state index is 13.6. The normalized spacial score (nSPS) is 19.1. The summed E-state index contributed by atoms with van der Waals surface area (Å²) < 4.78 is 27.2. The average Bonchev–Trinajstić information content (AvgIpc) is 2.90. The summed E-state index contributed by atoms with van der Waals surface area (Å²) in [5.41, 5.74) is 0.669. The van der Waals surface area contributed by atoms with Crippen molar-refractivity contribution in [3.8, 4) is 0 Å². The zero-order chi connectivity index (χ0) is 15.5. The van der Waals surface area contributed by atoms with E-state index in [0.29, 0.717) is 5.56 Å². The molecule has 1 atom stereocenters. The summed E-state index contributed by atoms with van der Waals surface area (Å²) in [5, 5.41) is 3.33. The van der Waals surface area contributed by atoms with Gasteiger partial charge < -0.3 is 5.32 Å². The van der Waals surface area contributed by atoms with Crippen molar-refractivity contribution in [2.45, 2.75) is 51.1 Å². The molecule has 0 heterocycles. The first-order chi connectivity index (χ1) is 10.1. The van der Waals surface area contributed by atoms with Gasteiger partial charge in [0, 0.05) is 11.6 Å². The molecule has 118 valence electrons. The molecule has 0 aromatic heterocycles. The molecule has 1 N–H and O–H groups in total. The minimum Gasteiger partial charge on any atom is -0.311 e. The molecule has 0 aliphatic heterocycles. The molecule has 0 saturated heterocycles. The van der Waals surface area contributed by atoms with E-state index in [-0.39, 0.29) is 11.6 Å². The predicted molar refractivity (Wildman–Crippen MR) is 82.3 cm³/mol. The van der Waals surface area contributed by atoms with Gasteiger partial charge in [-0.25, -0.2) is 8.78 Å². The minimum atomic E-state index is -0.502.